The predicted molar refractivity (Wildman–Crippen MR) is 82.2 cm³/mol. The van der Waals surface area contributed by atoms with Crippen LogP contribution in [0.5, 0.6) is 0 Å². The van der Waals surface area contributed by atoms with Gasteiger partial charge < -0.3 is 10.1 Å². The fourth-order valence-corrected chi connectivity index (χ4v) is 2.68. The average molecular weight is 275 g/mol. The number of ether oxygens (including phenoxy) is 1. The smallest absolute Gasteiger partial charge is 0.253 e. The molecule has 1 heterocycles. The Morgan fingerprint density at radius 2 is 1.80 bits per heavy atom. The molecule has 1 saturated heterocycles. The first kappa shape index (κ1) is 15.0. The molecule has 1 atom stereocenters. The highest BCUT2D eigenvalue weighted by Gasteiger charge is 2.25. The number of nitrogens with one attached hydrogen (secondary N) is 1. The minimum atomic E-state index is -0.282. The maximum Gasteiger partial charge on any atom is 0.253 e. The van der Waals surface area contributed by atoms with E-state index < -0.39 is 0 Å². The van der Waals surface area contributed by atoms with Crippen molar-refractivity contribution in [3.05, 3.63) is 29.3 Å². The van der Waals surface area contributed by atoms with Crippen LogP contribution >= 0.6 is 0 Å². The summed E-state index contributed by atoms with van der Waals surface area (Å²) in [4.78, 5) is 12.3. The molecule has 0 spiro atoms. The van der Waals surface area contributed by atoms with Crippen LogP contribution in [0.4, 0.5) is 5.69 Å². The maximum atomic E-state index is 12.3. The molecule has 3 nitrogen and oxygen atoms in total. The average Bonchev–Trinajstić information content (AvgIpc) is 2.92. The van der Waals surface area contributed by atoms with Crippen molar-refractivity contribution in [2.75, 3.05) is 11.9 Å². The zero-order valence-corrected chi connectivity index (χ0v) is 12.9. The molecule has 20 heavy (non-hydrogen) atoms. The van der Waals surface area contributed by atoms with Crippen LogP contribution in [0.25, 0.3) is 0 Å². The van der Waals surface area contributed by atoms with Gasteiger partial charge in [0.1, 0.15) is 6.10 Å². The van der Waals surface area contributed by atoms with E-state index in [1.165, 1.54) is 11.1 Å². The highest BCUT2D eigenvalue weighted by Crippen LogP contribution is 2.32. The minimum absolute atomic E-state index is 0.00231. The van der Waals surface area contributed by atoms with Gasteiger partial charge in [0.15, 0.2) is 0 Å². The van der Waals surface area contributed by atoms with Crippen molar-refractivity contribution >= 4 is 11.6 Å². The van der Waals surface area contributed by atoms with Gasteiger partial charge in [-0.3, -0.25) is 4.79 Å². The fraction of sp³-hybridized carbons (Fsp3) is 0.588. The number of hydrogen-bond donors (Lipinski definition) is 1. The lowest BCUT2D eigenvalue weighted by molar-refractivity contribution is -0.124. The van der Waals surface area contributed by atoms with E-state index in [1.807, 2.05) is 0 Å². The van der Waals surface area contributed by atoms with Crippen LogP contribution in [0.1, 0.15) is 63.5 Å². The second-order valence-electron chi connectivity index (χ2n) is 6.11. The van der Waals surface area contributed by atoms with Gasteiger partial charge in [-0.05, 0) is 35.8 Å². The Balaban J connectivity index is 2.30. The Hall–Kier alpha value is -1.35. The molecular formula is C17H25NO2. The zero-order valence-electron chi connectivity index (χ0n) is 12.9. The van der Waals surface area contributed by atoms with Gasteiger partial charge in [0.05, 0.1) is 0 Å². The van der Waals surface area contributed by atoms with Crippen LogP contribution in [-0.4, -0.2) is 18.6 Å². The number of hydrogen-bond acceptors (Lipinski definition) is 2. The molecule has 1 aliphatic rings. The summed E-state index contributed by atoms with van der Waals surface area (Å²) in [6, 6.07) is 6.27. The molecule has 1 N–H and O–H groups in total. The van der Waals surface area contributed by atoms with Crippen molar-refractivity contribution in [2.45, 2.75) is 58.5 Å². The molecule has 1 fully saturated rings. The Bertz CT molecular complexity index is 448. The van der Waals surface area contributed by atoms with Gasteiger partial charge >= 0.3 is 0 Å². The summed E-state index contributed by atoms with van der Waals surface area (Å²) in [6.45, 7) is 9.31. The molecule has 1 aromatic carbocycles. The van der Waals surface area contributed by atoms with Crippen molar-refractivity contribution in [1.82, 2.24) is 0 Å². The third-order valence-corrected chi connectivity index (χ3v) is 3.84. The minimum Gasteiger partial charge on any atom is -0.368 e. The van der Waals surface area contributed by atoms with Crippen molar-refractivity contribution in [3.63, 3.8) is 0 Å². The van der Waals surface area contributed by atoms with Gasteiger partial charge in [-0.15, -0.1) is 0 Å². The van der Waals surface area contributed by atoms with E-state index in [9.17, 15) is 4.79 Å². The standard InChI is InChI=1S/C17H25NO2/c1-11(2)13-7-5-8-14(12(3)4)16(13)18-17(19)15-9-6-10-20-15/h5,7-8,11-12,15H,6,9-10H2,1-4H3,(H,18,19). The van der Waals surface area contributed by atoms with Gasteiger partial charge in [-0.2, -0.15) is 0 Å². The van der Waals surface area contributed by atoms with Gasteiger partial charge in [0.2, 0.25) is 0 Å². The molecule has 1 aliphatic heterocycles. The number of benzene rings is 1. The SMILES string of the molecule is CC(C)c1cccc(C(C)C)c1NC(=O)C1CCCO1. The Kier molecular flexibility index (Phi) is 4.81. The molecule has 0 aliphatic carbocycles. The quantitative estimate of drug-likeness (QED) is 0.900. The van der Waals surface area contributed by atoms with Gasteiger partial charge in [0.25, 0.3) is 5.91 Å². The third kappa shape index (κ3) is 3.21. The van der Waals surface area contributed by atoms with E-state index in [0.717, 1.165) is 18.5 Å². The number of carbonyl (C=O) groups excluding carboxylic acids is 1. The lowest BCUT2D eigenvalue weighted by atomic mass is 9.92. The number of anilines is 1. The third-order valence-electron chi connectivity index (χ3n) is 3.84. The highest BCUT2D eigenvalue weighted by atomic mass is 16.5. The Labute approximate surface area is 121 Å². The van der Waals surface area contributed by atoms with Crippen LogP contribution in [0.2, 0.25) is 0 Å². The van der Waals surface area contributed by atoms with E-state index >= 15 is 0 Å². The molecular weight excluding hydrogens is 250 g/mol. The Morgan fingerprint density at radius 3 is 2.25 bits per heavy atom. The van der Waals surface area contributed by atoms with E-state index in [0.29, 0.717) is 18.4 Å². The molecule has 2 rings (SSSR count). The first-order valence-corrected chi connectivity index (χ1v) is 7.56. The van der Waals surface area contributed by atoms with Crippen molar-refractivity contribution in [3.8, 4) is 0 Å². The molecule has 1 unspecified atom stereocenters. The monoisotopic (exact) mass is 275 g/mol. The van der Waals surface area contributed by atoms with E-state index in [1.54, 1.807) is 0 Å². The summed E-state index contributed by atoms with van der Waals surface area (Å²) < 4.78 is 5.48. The molecule has 0 radical (unpaired) electrons. The molecule has 0 saturated carbocycles. The molecule has 1 amide bonds. The topological polar surface area (TPSA) is 38.3 Å². The predicted octanol–water partition coefficient (Wildman–Crippen LogP) is 4.05. The zero-order chi connectivity index (χ0) is 14.7. The summed E-state index contributed by atoms with van der Waals surface area (Å²) in [7, 11) is 0. The van der Waals surface area contributed by atoms with Crippen molar-refractivity contribution < 1.29 is 9.53 Å². The number of para-hydroxylation sites is 1. The molecule has 0 bridgehead atoms. The fourth-order valence-electron chi connectivity index (χ4n) is 2.68. The van der Waals surface area contributed by atoms with Crippen LogP contribution in [0.3, 0.4) is 0 Å². The number of rotatable bonds is 4. The van der Waals surface area contributed by atoms with Gasteiger partial charge in [-0.25, -0.2) is 0 Å². The van der Waals surface area contributed by atoms with E-state index in [2.05, 4.69) is 51.2 Å². The molecule has 0 aromatic heterocycles. The Morgan fingerprint density at radius 1 is 1.20 bits per heavy atom. The summed E-state index contributed by atoms with van der Waals surface area (Å²) in [5.74, 6) is 0.763. The summed E-state index contributed by atoms with van der Waals surface area (Å²) in [5, 5.41) is 3.12. The molecule has 110 valence electrons. The molecule has 1 aromatic rings. The lowest BCUT2D eigenvalue weighted by Crippen LogP contribution is -2.28. The van der Waals surface area contributed by atoms with Gasteiger partial charge in [-0.1, -0.05) is 45.9 Å². The van der Waals surface area contributed by atoms with Crippen LogP contribution < -0.4 is 5.32 Å². The summed E-state index contributed by atoms with van der Waals surface area (Å²) >= 11 is 0. The summed E-state index contributed by atoms with van der Waals surface area (Å²) in [5.41, 5.74) is 3.38. The molecule has 3 heteroatoms. The summed E-state index contributed by atoms with van der Waals surface area (Å²) in [6.07, 6.45) is 1.52. The van der Waals surface area contributed by atoms with Crippen LogP contribution in [0, 0.1) is 0 Å². The van der Waals surface area contributed by atoms with Crippen LogP contribution in [0.15, 0.2) is 18.2 Å². The largest absolute Gasteiger partial charge is 0.368 e. The van der Waals surface area contributed by atoms with E-state index in [-0.39, 0.29) is 12.0 Å². The second kappa shape index (κ2) is 6.40. The first-order chi connectivity index (χ1) is 9.50. The second-order valence-corrected chi connectivity index (χ2v) is 6.11. The van der Waals surface area contributed by atoms with Gasteiger partial charge in [0, 0.05) is 12.3 Å². The lowest BCUT2D eigenvalue weighted by Gasteiger charge is -2.21. The van der Waals surface area contributed by atoms with E-state index in [4.69, 9.17) is 4.74 Å². The number of amides is 1. The number of carbonyl (C=O) groups is 1. The highest BCUT2D eigenvalue weighted by molar-refractivity contribution is 5.96. The van der Waals surface area contributed by atoms with Crippen molar-refractivity contribution in [1.29, 1.82) is 0 Å². The van der Waals surface area contributed by atoms with Crippen LogP contribution in [-0.2, 0) is 9.53 Å². The maximum absolute atomic E-state index is 12.3. The first-order valence-electron chi connectivity index (χ1n) is 7.56. The van der Waals surface area contributed by atoms with Crippen molar-refractivity contribution in [2.24, 2.45) is 0 Å². The normalized spacial score (nSPS) is 18.8.